The third-order valence-electron chi connectivity index (χ3n) is 12.3. The Hall–Kier alpha value is -2.89. The van der Waals surface area contributed by atoms with Gasteiger partial charge in [0, 0.05) is 66.0 Å². The number of amides is 1. The van der Waals surface area contributed by atoms with Crippen molar-refractivity contribution in [2.24, 2.45) is 23.2 Å². The number of halogens is 5. The van der Waals surface area contributed by atoms with E-state index in [0.29, 0.717) is 56.2 Å². The first-order chi connectivity index (χ1) is 23.7. The van der Waals surface area contributed by atoms with Crippen molar-refractivity contribution in [2.45, 2.75) is 108 Å². The zero-order chi connectivity index (χ0) is 35.8. The Balaban J connectivity index is 1.13. The molecule has 0 bridgehead atoms. The number of likely N-dealkylation sites (tertiary alicyclic amines) is 1. The molecule has 6 nitrogen and oxygen atoms in total. The lowest BCUT2D eigenvalue weighted by molar-refractivity contribution is -0.284. The van der Waals surface area contributed by atoms with Crippen LogP contribution in [0, 0.1) is 30.1 Å². The largest absolute Gasteiger partial charge is 0.453 e. The second-order valence-corrected chi connectivity index (χ2v) is 16.9. The van der Waals surface area contributed by atoms with Crippen molar-refractivity contribution in [3.8, 4) is 5.75 Å². The topological polar surface area (TPSA) is 76.6 Å². The zero-order valence-electron chi connectivity index (χ0n) is 28.8. The molecule has 1 aromatic heterocycles. The fourth-order valence-electron chi connectivity index (χ4n) is 9.48. The van der Waals surface area contributed by atoms with E-state index in [1.165, 1.54) is 11.1 Å². The highest BCUT2D eigenvalue weighted by molar-refractivity contribution is 7.84. The number of hydrogen-bond acceptors (Lipinski definition) is 5. The van der Waals surface area contributed by atoms with Crippen molar-refractivity contribution in [1.82, 2.24) is 9.88 Å². The third kappa shape index (κ3) is 7.51. The summed E-state index contributed by atoms with van der Waals surface area (Å²) in [5.41, 5.74) is 4.12. The van der Waals surface area contributed by atoms with Crippen LogP contribution in [0.3, 0.4) is 0 Å². The second-order valence-electron chi connectivity index (χ2n) is 15.2. The van der Waals surface area contributed by atoms with Gasteiger partial charge in [-0.25, -0.2) is 4.79 Å². The summed E-state index contributed by atoms with van der Waals surface area (Å²) < 4.78 is 83.0. The quantitative estimate of drug-likeness (QED) is 0.229. The Bertz CT molecular complexity index is 1580. The monoisotopic (exact) mass is 722 g/mol. The van der Waals surface area contributed by atoms with Crippen LogP contribution in [0.1, 0.15) is 105 Å². The number of alkyl halides is 5. The lowest BCUT2D eigenvalue weighted by atomic mass is 9.52. The number of ketones is 1. The second kappa shape index (κ2) is 14.6. The van der Waals surface area contributed by atoms with E-state index in [4.69, 9.17) is 4.74 Å². The summed E-state index contributed by atoms with van der Waals surface area (Å²) in [6.45, 7) is 5.28. The molecule has 274 valence electrons. The number of pyridine rings is 1. The molecule has 2 saturated carbocycles. The molecule has 0 radical (unpaired) electrons. The molecule has 1 saturated heterocycles. The van der Waals surface area contributed by atoms with Gasteiger partial charge in [0.25, 0.3) is 0 Å². The maximum atomic E-state index is 13.3. The maximum Gasteiger partial charge on any atom is 0.453 e. The summed E-state index contributed by atoms with van der Waals surface area (Å²) in [5, 5.41) is 0. The van der Waals surface area contributed by atoms with Crippen LogP contribution in [0.4, 0.5) is 26.7 Å². The van der Waals surface area contributed by atoms with Crippen LogP contribution in [-0.2, 0) is 22.0 Å². The number of nitrogens with zero attached hydrogens (tertiary/aromatic N) is 2. The van der Waals surface area contributed by atoms with Gasteiger partial charge in [-0.3, -0.25) is 14.0 Å². The van der Waals surface area contributed by atoms with E-state index in [-0.39, 0.29) is 46.7 Å². The normalized spacial score (nSPS) is 27.7. The van der Waals surface area contributed by atoms with Gasteiger partial charge in [0.2, 0.25) is 0 Å². The van der Waals surface area contributed by atoms with Crippen LogP contribution in [-0.4, -0.2) is 62.7 Å². The summed E-state index contributed by atoms with van der Waals surface area (Å²) in [4.78, 5) is 32.3. The van der Waals surface area contributed by atoms with E-state index in [0.717, 1.165) is 43.2 Å². The number of carbonyl (C=O) groups excluding carboxylic acids is 2. The minimum Gasteiger partial charge on any atom is -0.410 e. The molecule has 2 heterocycles. The lowest BCUT2D eigenvalue weighted by Gasteiger charge is -2.52. The number of aromatic nitrogens is 1. The number of ether oxygens (including phenoxy) is 1. The average Bonchev–Trinajstić information content (AvgIpc) is 3.38. The van der Waals surface area contributed by atoms with Crippen molar-refractivity contribution in [1.29, 1.82) is 0 Å². The molecule has 6 rings (SSSR count). The van der Waals surface area contributed by atoms with E-state index in [1.807, 2.05) is 25.1 Å². The van der Waals surface area contributed by atoms with Gasteiger partial charge in [-0.2, -0.15) is 22.0 Å². The molecule has 3 aliphatic carbocycles. The van der Waals surface area contributed by atoms with Crippen LogP contribution in [0.25, 0.3) is 0 Å². The Morgan fingerprint density at radius 1 is 1.04 bits per heavy atom. The van der Waals surface area contributed by atoms with E-state index >= 15 is 0 Å². The number of benzene rings is 1. The first-order valence-electron chi connectivity index (χ1n) is 18.0. The maximum absolute atomic E-state index is 13.3. The van der Waals surface area contributed by atoms with E-state index < -0.39 is 35.7 Å². The summed E-state index contributed by atoms with van der Waals surface area (Å²) >= 11 is 0. The number of piperidine rings is 1. The Morgan fingerprint density at radius 2 is 1.74 bits per heavy atom. The molecule has 1 amide bonds. The molecule has 12 heteroatoms. The van der Waals surface area contributed by atoms with Crippen LogP contribution in [0.2, 0.25) is 0 Å². The highest BCUT2D eigenvalue weighted by Crippen LogP contribution is 2.61. The van der Waals surface area contributed by atoms with E-state index in [2.05, 4.69) is 18.0 Å². The number of aryl methyl sites for hydroxylation is 1. The molecule has 1 aliphatic heterocycles. The predicted molar refractivity (Wildman–Crippen MR) is 181 cm³/mol. The first-order valence-corrected chi connectivity index (χ1v) is 19.5. The van der Waals surface area contributed by atoms with Crippen molar-refractivity contribution in [3.63, 3.8) is 0 Å². The molecule has 50 heavy (non-hydrogen) atoms. The van der Waals surface area contributed by atoms with Gasteiger partial charge >= 0.3 is 18.2 Å². The summed E-state index contributed by atoms with van der Waals surface area (Å²) in [7, 11) is -1.51. The minimum absolute atomic E-state index is 0.174. The van der Waals surface area contributed by atoms with Gasteiger partial charge in [0.05, 0.1) is 0 Å². The van der Waals surface area contributed by atoms with Gasteiger partial charge < -0.3 is 9.64 Å². The van der Waals surface area contributed by atoms with Crippen molar-refractivity contribution >= 4 is 22.7 Å². The van der Waals surface area contributed by atoms with Crippen molar-refractivity contribution in [3.05, 3.63) is 58.9 Å². The Kier molecular flexibility index (Phi) is 10.8. The molecule has 3 fully saturated rings. The van der Waals surface area contributed by atoms with Gasteiger partial charge in [-0.1, -0.05) is 13.0 Å². The molecule has 1 unspecified atom stereocenters. The number of rotatable bonds is 10. The first kappa shape index (κ1) is 36.9. The molecular weight excluding hydrogens is 675 g/mol. The SMILES string of the molecule is Cc1cc2c(cc1OC(=O)N1CCC(c3ccncc3)CC1)C[C@@H](CCCS(=O)CCCC(F)(F)C(F)(F)F)[C@@H]1[C@@H]2CC[C@]2(C)C(=O)CC[C@@H]12. The molecule has 2 aromatic rings. The fourth-order valence-corrected chi connectivity index (χ4v) is 10.6. The number of fused-ring (bicyclic) bond motifs is 5. The van der Waals surface area contributed by atoms with Crippen molar-refractivity contribution < 1.29 is 40.5 Å². The summed E-state index contributed by atoms with van der Waals surface area (Å²) in [6.07, 6.45) is 2.56. The van der Waals surface area contributed by atoms with Gasteiger partial charge in [0.1, 0.15) is 11.5 Å². The molecule has 0 N–H and O–H groups in total. The summed E-state index contributed by atoms with van der Waals surface area (Å²) in [5.74, 6) is -2.62. The highest BCUT2D eigenvalue weighted by Gasteiger charge is 2.57. The van der Waals surface area contributed by atoms with Gasteiger partial charge in [0.15, 0.2) is 0 Å². The minimum atomic E-state index is -5.60. The van der Waals surface area contributed by atoms with Crippen molar-refractivity contribution in [2.75, 3.05) is 24.6 Å². The third-order valence-corrected chi connectivity index (χ3v) is 13.7. The average molecular weight is 723 g/mol. The highest BCUT2D eigenvalue weighted by atomic mass is 32.2. The fraction of sp³-hybridized carbons (Fsp3) is 0.658. The van der Waals surface area contributed by atoms with E-state index in [1.54, 1.807) is 17.3 Å². The number of hydrogen-bond donors (Lipinski definition) is 0. The number of Topliss-reactive ketones (excluding diaryl/α,β-unsaturated/α-hetero) is 1. The molecule has 0 spiro atoms. The molecule has 6 atom stereocenters. The number of carbonyl (C=O) groups is 2. The Labute approximate surface area is 293 Å². The molecule has 1 aromatic carbocycles. The van der Waals surface area contributed by atoms with Gasteiger partial charge in [-0.05, 0) is 135 Å². The Morgan fingerprint density at radius 3 is 2.44 bits per heavy atom. The van der Waals surface area contributed by atoms with Crippen LogP contribution < -0.4 is 4.74 Å². The lowest BCUT2D eigenvalue weighted by Crippen LogP contribution is -2.46. The van der Waals surface area contributed by atoms with Crippen LogP contribution >= 0.6 is 0 Å². The molecule has 4 aliphatic rings. The van der Waals surface area contributed by atoms with Crippen LogP contribution in [0.5, 0.6) is 5.75 Å². The predicted octanol–water partition coefficient (Wildman–Crippen LogP) is 8.93. The molecular formula is C38H47F5N2O4S. The van der Waals surface area contributed by atoms with E-state index in [9.17, 15) is 35.8 Å². The van der Waals surface area contributed by atoms with Gasteiger partial charge in [-0.15, -0.1) is 0 Å². The summed E-state index contributed by atoms with van der Waals surface area (Å²) in [6, 6.07) is 8.21. The smallest absolute Gasteiger partial charge is 0.410 e. The standard InChI is InChI=1S/C38H47F5N2O4S/c1-24-21-30-28(23-32(24)49-35(47)45-17-11-26(12-18-45)25-9-15-44-16-10-25)22-27(34-29(30)8-14-36(2)31(34)6-7-33(36)46)5-3-19-50(48)20-4-13-37(39,40)38(41,42)43/h9-10,15-16,21,23,26-27,29,31,34H,3-8,11-14,17-20,22H2,1-2H3/t27-,29-,31+,34-,36+,50?/m1/s1. The zero-order valence-corrected chi connectivity index (χ0v) is 29.6. The van der Waals surface area contributed by atoms with Crippen LogP contribution in [0.15, 0.2) is 36.7 Å².